The summed E-state index contributed by atoms with van der Waals surface area (Å²) in [6.07, 6.45) is 9.88. The highest BCUT2D eigenvalue weighted by molar-refractivity contribution is 7.98. The van der Waals surface area contributed by atoms with Crippen LogP contribution in [0.25, 0.3) is 0 Å². The van der Waals surface area contributed by atoms with Gasteiger partial charge in [-0.05, 0) is 43.6 Å². The number of aromatic nitrogens is 1. The van der Waals surface area contributed by atoms with E-state index >= 15 is 0 Å². The third kappa shape index (κ3) is 2.79. The molecular formula is C16H20ClN3S. The van der Waals surface area contributed by atoms with Gasteiger partial charge in [-0.1, -0.05) is 11.6 Å². The molecule has 2 aliphatic heterocycles. The fraction of sp³-hybridized carbons (Fsp3) is 0.625. The summed E-state index contributed by atoms with van der Waals surface area (Å²) in [4.78, 5) is 6.82. The molecule has 0 aromatic carbocycles. The largest absolute Gasteiger partial charge is 0.296 e. The number of hydrogen-bond acceptors (Lipinski definition) is 4. The number of hydrogen-bond donors (Lipinski definition) is 0. The minimum absolute atomic E-state index is 0.403. The Labute approximate surface area is 135 Å². The van der Waals surface area contributed by atoms with Crippen LogP contribution in [-0.4, -0.2) is 40.5 Å². The zero-order chi connectivity index (χ0) is 14.9. The van der Waals surface area contributed by atoms with Crippen LogP contribution in [-0.2, 0) is 5.41 Å². The molecule has 2 aliphatic rings. The highest BCUT2D eigenvalue weighted by Crippen LogP contribution is 2.47. The van der Waals surface area contributed by atoms with Crippen molar-refractivity contribution in [3.63, 3.8) is 0 Å². The molecule has 112 valence electrons. The van der Waals surface area contributed by atoms with Crippen LogP contribution in [0.15, 0.2) is 18.5 Å². The molecule has 2 atom stereocenters. The molecule has 3 nitrogen and oxygen atoms in total. The van der Waals surface area contributed by atoms with E-state index in [2.05, 4.69) is 22.2 Å². The number of piperidine rings is 1. The Hall–Kier alpha value is -0.760. The van der Waals surface area contributed by atoms with E-state index in [1.807, 2.05) is 24.0 Å². The summed E-state index contributed by atoms with van der Waals surface area (Å²) >= 11 is 7.98. The van der Waals surface area contributed by atoms with Gasteiger partial charge in [0.2, 0.25) is 0 Å². The van der Waals surface area contributed by atoms with Crippen LogP contribution in [0.2, 0.25) is 5.02 Å². The highest BCUT2D eigenvalue weighted by Gasteiger charge is 2.49. The Kier molecular flexibility index (Phi) is 4.44. The predicted octanol–water partition coefficient (Wildman–Crippen LogP) is 3.49. The Morgan fingerprint density at radius 3 is 2.71 bits per heavy atom. The SMILES string of the molecule is CSCCN1C2CCC1CC(C#N)(c1cncc(Cl)c1)C2. The molecular weight excluding hydrogens is 302 g/mol. The van der Waals surface area contributed by atoms with Crippen molar-refractivity contribution in [2.24, 2.45) is 0 Å². The Bertz CT molecular complexity index is 543. The highest BCUT2D eigenvalue weighted by atomic mass is 35.5. The molecule has 2 saturated heterocycles. The van der Waals surface area contributed by atoms with Gasteiger partial charge in [0, 0.05) is 36.8 Å². The predicted molar refractivity (Wildman–Crippen MR) is 87.7 cm³/mol. The first-order chi connectivity index (χ1) is 10.2. The standard InChI is InChI=1S/C16H20ClN3S/c1-21-5-4-20-14-2-3-15(20)8-16(7-14,11-18)12-6-13(17)10-19-9-12/h6,9-10,14-15H,2-5,7-8H2,1H3. The Morgan fingerprint density at radius 2 is 2.14 bits per heavy atom. The van der Waals surface area contributed by atoms with Gasteiger partial charge < -0.3 is 0 Å². The van der Waals surface area contributed by atoms with Crippen molar-refractivity contribution in [1.82, 2.24) is 9.88 Å². The number of thioether (sulfide) groups is 1. The second kappa shape index (κ2) is 6.16. The zero-order valence-corrected chi connectivity index (χ0v) is 13.8. The molecule has 21 heavy (non-hydrogen) atoms. The summed E-state index contributed by atoms with van der Waals surface area (Å²) < 4.78 is 0. The van der Waals surface area contributed by atoms with Crippen molar-refractivity contribution in [3.05, 3.63) is 29.0 Å². The van der Waals surface area contributed by atoms with E-state index in [1.165, 1.54) is 18.6 Å². The quantitative estimate of drug-likeness (QED) is 0.851. The van der Waals surface area contributed by atoms with Crippen LogP contribution in [0.5, 0.6) is 0 Å². The van der Waals surface area contributed by atoms with Crippen molar-refractivity contribution < 1.29 is 0 Å². The second-order valence-electron chi connectivity index (χ2n) is 6.11. The Balaban J connectivity index is 1.86. The summed E-state index contributed by atoms with van der Waals surface area (Å²) in [5, 5.41) is 10.5. The number of pyridine rings is 1. The molecule has 0 radical (unpaired) electrons. The fourth-order valence-corrected chi connectivity index (χ4v) is 4.54. The molecule has 3 heterocycles. The summed E-state index contributed by atoms with van der Waals surface area (Å²) in [7, 11) is 0. The van der Waals surface area contributed by atoms with Gasteiger partial charge in [0.05, 0.1) is 16.5 Å². The topological polar surface area (TPSA) is 39.9 Å². The molecule has 2 bridgehead atoms. The third-order valence-corrected chi connectivity index (χ3v) is 5.76. The molecule has 1 aromatic rings. The molecule has 2 fully saturated rings. The van der Waals surface area contributed by atoms with E-state index in [4.69, 9.17) is 11.6 Å². The van der Waals surface area contributed by atoms with Crippen molar-refractivity contribution >= 4 is 23.4 Å². The Morgan fingerprint density at radius 1 is 1.43 bits per heavy atom. The lowest BCUT2D eigenvalue weighted by Crippen LogP contribution is -2.49. The zero-order valence-electron chi connectivity index (χ0n) is 12.3. The van der Waals surface area contributed by atoms with Crippen LogP contribution in [0.1, 0.15) is 31.2 Å². The van der Waals surface area contributed by atoms with E-state index in [-0.39, 0.29) is 0 Å². The van der Waals surface area contributed by atoms with Crippen LogP contribution in [0.3, 0.4) is 0 Å². The van der Waals surface area contributed by atoms with Crippen molar-refractivity contribution in [2.45, 2.75) is 43.2 Å². The molecule has 0 spiro atoms. The summed E-state index contributed by atoms with van der Waals surface area (Å²) in [6, 6.07) is 5.61. The lowest BCUT2D eigenvalue weighted by molar-refractivity contribution is 0.113. The second-order valence-corrected chi connectivity index (χ2v) is 7.53. The lowest BCUT2D eigenvalue weighted by atomic mass is 9.71. The summed E-state index contributed by atoms with van der Waals surface area (Å²) in [5.74, 6) is 1.17. The number of nitrogens with zero attached hydrogens (tertiary/aromatic N) is 3. The fourth-order valence-electron chi connectivity index (χ4n) is 3.97. The summed E-state index contributed by atoms with van der Waals surface area (Å²) in [5.41, 5.74) is 0.596. The lowest BCUT2D eigenvalue weighted by Gasteiger charge is -2.43. The maximum atomic E-state index is 9.87. The number of nitriles is 1. The first-order valence-corrected chi connectivity index (χ1v) is 9.23. The van der Waals surface area contributed by atoms with Gasteiger partial charge in [-0.2, -0.15) is 17.0 Å². The van der Waals surface area contributed by atoms with E-state index in [1.54, 1.807) is 6.20 Å². The van der Waals surface area contributed by atoms with Gasteiger partial charge in [-0.15, -0.1) is 0 Å². The molecule has 0 amide bonds. The van der Waals surface area contributed by atoms with Crippen molar-refractivity contribution in [2.75, 3.05) is 18.6 Å². The first kappa shape index (κ1) is 15.1. The van der Waals surface area contributed by atoms with E-state index in [0.717, 1.165) is 24.9 Å². The molecule has 5 heteroatoms. The average Bonchev–Trinajstić information content (AvgIpc) is 2.74. The minimum atomic E-state index is -0.403. The van der Waals surface area contributed by atoms with Gasteiger partial charge in [0.1, 0.15) is 0 Å². The number of halogens is 1. The minimum Gasteiger partial charge on any atom is -0.296 e. The van der Waals surface area contributed by atoms with Crippen LogP contribution >= 0.6 is 23.4 Å². The first-order valence-electron chi connectivity index (χ1n) is 7.45. The average molecular weight is 322 g/mol. The van der Waals surface area contributed by atoms with E-state index in [0.29, 0.717) is 17.1 Å². The van der Waals surface area contributed by atoms with Crippen molar-refractivity contribution in [1.29, 1.82) is 5.26 Å². The number of fused-ring (bicyclic) bond motifs is 2. The van der Waals surface area contributed by atoms with E-state index < -0.39 is 5.41 Å². The molecule has 0 N–H and O–H groups in total. The third-order valence-electron chi connectivity index (χ3n) is 4.96. The van der Waals surface area contributed by atoms with Crippen molar-refractivity contribution in [3.8, 4) is 6.07 Å². The molecule has 1 aromatic heterocycles. The monoisotopic (exact) mass is 321 g/mol. The van der Waals surface area contributed by atoms with Crippen LogP contribution < -0.4 is 0 Å². The van der Waals surface area contributed by atoms with Crippen LogP contribution in [0, 0.1) is 11.3 Å². The van der Waals surface area contributed by atoms with Crippen LogP contribution in [0.4, 0.5) is 0 Å². The van der Waals surface area contributed by atoms with Gasteiger partial charge in [0.15, 0.2) is 0 Å². The van der Waals surface area contributed by atoms with Gasteiger partial charge in [-0.25, -0.2) is 0 Å². The maximum Gasteiger partial charge on any atom is 0.0867 e. The smallest absolute Gasteiger partial charge is 0.0867 e. The number of rotatable bonds is 4. The normalized spacial score (nSPS) is 32.0. The summed E-state index contributed by atoms with van der Waals surface area (Å²) in [6.45, 7) is 1.14. The molecule has 0 saturated carbocycles. The van der Waals surface area contributed by atoms with Gasteiger partial charge >= 0.3 is 0 Å². The molecule has 3 rings (SSSR count). The maximum absolute atomic E-state index is 9.87. The van der Waals surface area contributed by atoms with E-state index in [9.17, 15) is 5.26 Å². The molecule has 2 unspecified atom stereocenters. The van der Waals surface area contributed by atoms with Gasteiger partial charge in [0.25, 0.3) is 0 Å². The van der Waals surface area contributed by atoms with Gasteiger partial charge in [-0.3, -0.25) is 9.88 Å². The molecule has 0 aliphatic carbocycles.